The smallest absolute Gasteiger partial charge is 0.177 e. The van der Waals surface area contributed by atoms with Crippen molar-refractivity contribution in [2.75, 3.05) is 12.0 Å². The largest absolute Gasteiger partial charge is 0.394 e. The van der Waals surface area contributed by atoms with Crippen LogP contribution >= 0.6 is 11.6 Å². The molecule has 0 amide bonds. The number of nitrogen functional groups attached to an aromatic ring is 1. The van der Waals surface area contributed by atoms with Crippen molar-refractivity contribution < 1.29 is 21.6 Å². The zero-order valence-corrected chi connectivity index (χ0v) is 9.59. The third-order valence-corrected chi connectivity index (χ3v) is 3.57. The Balaban J connectivity index is 3.87. The number of hydrogen-bond donors (Lipinski definition) is 1. The van der Waals surface area contributed by atoms with Gasteiger partial charge in [-0.05, 0) is 0 Å². The summed E-state index contributed by atoms with van der Waals surface area (Å²) in [4.78, 5) is -0.902. The Morgan fingerprint density at radius 1 is 1.31 bits per heavy atom. The van der Waals surface area contributed by atoms with Gasteiger partial charge in [0, 0.05) is 11.8 Å². The number of anilines is 1. The Bertz CT molecular complexity index is 545. The lowest BCUT2D eigenvalue weighted by molar-refractivity contribution is 0.452. The number of benzene rings is 1. The van der Waals surface area contributed by atoms with Crippen LogP contribution in [-0.4, -0.2) is 14.7 Å². The number of sulfone groups is 1. The molecule has 0 bridgehead atoms. The van der Waals surface area contributed by atoms with E-state index >= 15 is 0 Å². The molecule has 0 fully saturated rings. The number of halogens is 4. The van der Waals surface area contributed by atoms with Gasteiger partial charge in [-0.3, -0.25) is 0 Å². The fourth-order valence-electron chi connectivity index (χ4n) is 1.21. The Kier molecular flexibility index (Phi) is 3.39. The molecule has 0 aliphatic rings. The van der Waals surface area contributed by atoms with E-state index in [1.807, 2.05) is 0 Å². The lowest BCUT2D eigenvalue weighted by atomic mass is 10.2. The highest BCUT2D eigenvalue weighted by Crippen LogP contribution is 2.35. The van der Waals surface area contributed by atoms with Gasteiger partial charge in [-0.25, -0.2) is 21.6 Å². The zero-order chi connectivity index (χ0) is 12.7. The van der Waals surface area contributed by atoms with E-state index in [2.05, 4.69) is 0 Å². The second kappa shape index (κ2) is 4.14. The molecule has 0 aliphatic heterocycles. The fraction of sp³-hybridized carbons (Fsp3) is 0.250. The highest BCUT2D eigenvalue weighted by atomic mass is 35.5. The predicted molar refractivity (Wildman–Crippen MR) is 53.7 cm³/mol. The van der Waals surface area contributed by atoms with E-state index in [4.69, 9.17) is 17.3 Å². The Morgan fingerprint density at radius 3 is 2.19 bits per heavy atom. The van der Waals surface area contributed by atoms with Gasteiger partial charge in [0.25, 0.3) is 0 Å². The number of hydrogen-bond acceptors (Lipinski definition) is 3. The Hall–Kier alpha value is -0.950. The molecule has 90 valence electrons. The molecule has 0 spiro atoms. The molecule has 1 aromatic carbocycles. The van der Waals surface area contributed by atoms with Gasteiger partial charge >= 0.3 is 0 Å². The second-order valence-electron chi connectivity index (χ2n) is 3.07. The van der Waals surface area contributed by atoms with Crippen LogP contribution in [0.3, 0.4) is 0 Å². The summed E-state index contributed by atoms with van der Waals surface area (Å²) in [5.74, 6) is -2.85. The summed E-state index contributed by atoms with van der Waals surface area (Å²) in [6.45, 7) is -1.45. The minimum atomic E-state index is -4.05. The first-order valence-electron chi connectivity index (χ1n) is 3.92. The molecule has 0 saturated carbocycles. The van der Waals surface area contributed by atoms with Crippen LogP contribution in [0.2, 0.25) is 5.02 Å². The molecule has 0 heterocycles. The first-order valence-corrected chi connectivity index (χ1v) is 6.19. The maximum absolute atomic E-state index is 13.3. The average molecular weight is 274 g/mol. The molecule has 0 aromatic heterocycles. The topological polar surface area (TPSA) is 60.2 Å². The number of nitrogens with two attached hydrogens (primary N) is 1. The van der Waals surface area contributed by atoms with Crippen molar-refractivity contribution in [3.63, 3.8) is 0 Å². The monoisotopic (exact) mass is 273 g/mol. The van der Waals surface area contributed by atoms with Gasteiger partial charge in [0.2, 0.25) is 0 Å². The van der Waals surface area contributed by atoms with Crippen LogP contribution in [0.25, 0.3) is 0 Å². The maximum atomic E-state index is 13.3. The first kappa shape index (κ1) is 13.1. The third kappa shape index (κ3) is 1.97. The third-order valence-electron chi connectivity index (χ3n) is 1.91. The molecule has 0 saturated heterocycles. The SMILES string of the molecule is CS(=O)(=O)c1c(Cl)c(F)c(N)c(F)c1CF. The molecule has 0 aliphatic carbocycles. The van der Waals surface area contributed by atoms with Crippen molar-refractivity contribution in [1.82, 2.24) is 0 Å². The van der Waals surface area contributed by atoms with Gasteiger partial charge in [-0.15, -0.1) is 0 Å². The van der Waals surface area contributed by atoms with Crippen LogP contribution in [0, 0.1) is 11.6 Å². The lowest BCUT2D eigenvalue weighted by Gasteiger charge is -2.11. The van der Waals surface area contributed by atoms with E-state index < -0.39 is 49.3 Å². The summed E-state index contributed by atoms with van der Waals surface area (Å²) in [5, 5.41) is -0.894. The molecule has 3 nitrogen and oxygen atoms in total. The summed E-state index contributed by atoms with van der Waals surface area (Å²) >= 11 is 5.37. The van der Waals surface area contributed by atoms with E-state index in [0.717, 1.165) is 0 Å². The second-order valence-corrected chi connectivity index (χ2v) is 5.40. The van der Waals surface area contributed by atoms with Crippen molar-refractivity contribution in [3.05, 3.63) is 22.2 Å². The van der Waals surface area contributed by atoms with Gasteiger partial charge in [-0.1, -0.05) is 11.6 Å². The normalized spacial score (nSPS) is 11.8. The van der Waals surface area contributed by atoms with Gasteiger partial charge < -0.3 is 5.73 Å². The van der Waals surface area contributed by atoms with E-state index in [1.54, 1.807) is 0 Å². The summed E-state index contributed by atoms with van der Waals surface area (Å²) in [5.41, 5.74) is 3.12. The van der Waals surface area contributed by atoms with Gasteiger partial charge in [-0.2, -0.15) is 0 Å². The zero-order valence-electron chi connectivity index (χ0n) is 8.02. The molecule has 0 radical (unpaired) electrons. The number of alkyl halides is 1. The van der Waals surface area contributed by atoms with Crippen LogP contribution < -0.4 is 5.73 Å². The summed E-state index contributed by atoms with van der Waals surface area (Å²) < 4.78 is 61.5. The summed E-state index contributed by atoms with van der Waals surface area (Å²) in [6.07, 6.45) is 0.669. The van der Waals surface area contributed by atoms with Crippen molar-refractivity contribution in [3.8, 4) is 0 Å². The highest BCUT2D eigenvalue weighted by Gasteiger charge is 2.27. The lowest BCUT2D eigenvalue weighted by Crippen LogP contribution is -2.10. The minimum absolute atomic E-state index is 0.669. The van der Waals surface area contributed by atoms with Crippen LogP contribution in [0.4, 0.5) is 18.9 Å². The van der Waals surface area contributed by atoms with E-state index in [-0.39, 0.29) is 0 Å². The molecular weight excluding hydrogens is 267 g/mol. The van der Waals surface area contributed by atoms with Gasteiger partial charge in [0.15, 0.2) is 21.5 Å². The fourth-order valence-corrected chi connectivity index (χ4v) is 2.86. The Labute approximate surface area is 94.9 Å². The van der Waals surface area contributed by atoms with E-state index in [1.165, 1.54) is 0 Å². The van der Waals surface area contributed by atoms with Gasteiger partial charge in [0.1, 0.15) is 12.4 Å². The summed E-state index contributed by atoms with van der Waals surface area (Å²) in [6, 6.07) is 0. The molecular formula is C8H7ClF3NO2S. The van der Waals surface area contributed by atoms with Crippen LogP contribution in [0.15, 0.2) is 4.90 Å². The molecule has 1 rings (SSSR count). The maximum Gasteiger partial charge on any atom is 0.177 e. The summed E-state index contributed by atoms with van der Waals surface area (Å²) in [7, 11) is -4.05. The van der Waals surface area contributed by atoms with E-state index in [0.29, 0.717) is 6.26 Å². The molecule has 0 atom stereocenters. The standard InChI is InChI=1S/C8H7ClF3NO2S/c1-16(14,15)8-3(2-10)5(11)7(13)6(12)4(8)9/h2,13H2,1H3. The Morgan fingerprint density at radius 2 is 1.81 bits per heavy atom. The molecule has 0 unspecified atom stereocenters. The van der Waals surface area contributed by atoms with Crippen molar-refractivity contribution in [2.45, 2.75) is 11.6 Å². The van der Waals surface area contributed by atoms with Crippen molar-refractivity contribution >= 4 is 27.1 Å². The first-order chi connectivity index (χ1) is 7.21. The van der Waals surface area contributed by atoms with Gasteiger partial charge in [0.05, 0.1) is 9.92 Å². The molecule has 16 heavy (non-hydrogen) atoms. The van der Waals surface area contributed by atoms with Crippen molar-refractivity contribution in [2.24, 2.45) is 0 Å². The average Bonchev–Trinajstić information content (AvgIpc) is 2.18. The molecule has 8 heteroatoms. The molecule has 2 N–H and O–H groups in total. The predicted octanol–water partition coefficient (Wildman–Crippen LogP) is 2.07. The van der Waals surface area contributed by atoms with Crippen molar-refractivity contribution in [1.29, 1.82) is 0 Å². The quantitative estimate of drug-likeness (QED) is 0.663. The van der Waals surface area contributed by atoms with Crippen LogP contribution in [0.1, 0.15) is 5.56 Å². The van der Waals surface area contributed by atoms with Crippen LogP contribution in [-0.2, 0) is 16.5 Å². The minimum Gasteiger partial charge on any atom is -0.394 e. The highest BCUT2D eigenvalue weighted by molar-refractivity contribution is 7.90. The number of rotatable bonds is 2. The van der Waals surface area contributed by atoms with E-state index in [9.17, 15) is 21.6 Å². The van der Waals surface area contributed by atoms with Crippen LogP contribution in [0.5, 0.6) is 0 Å². The molecule has 1 aromatic rings.